The fraction of sp³-hybridized carbons (Fsp3) is 0.526. The van der Waals surface area contributed by atoms with Gasteiger partial charge in [-0.3, -0.25) is 14.6 Å². The van der Waals surface area contributed by atoms with Crippen LogP contribution in [0.5, 0.6) is 0 Å². The van der Waals surface area contributed by atoms with Crippen LogP contribution in [-0.4, -0.2) is 55.4 Å². The van der Waals surface area contributed by atoms with Gasteiger partial charge in [-0.1, -0.05) is 35.8 Å². The fourth-order valence-electron chi connectivity index (χ4n) is 2.92. The zero-order valence-corrected chi connectivity index (χ0v) is 20.6. The number of aliphatic imine (C=N–C) groups is 1. The van der Waals surface area contributed by atoms with Crippen molar-refractivity contribution in [2.75, 3.05) is 32.0 Å². The van der Waals surface area contributed by atoms with Gasteiger partial charge in [0.1, 0.15) is 0 Å². The standard InChI is InChI=1S/C19H28BrN5O2.HI/c1-12(2)18(27)25-8-7-15(11-25)23-19(21-4)22-10-17(26)24-16-9-14(20)6-5-13(16)3;/h5-6,9,12,15H,7-8,10-11H2,1-4H3,(H,24,26)(H2,21,22,23);1H. The van der Waals surface area contributed by atoms with E-state index < -0.39 is 0 Å². The van der Waals surface area contributed by atoms with Crippen molar-refractivity contribution in [1.82, 2.24) is 15.5 Å². The molecule has 1 aromatic rings. The summed E-state index contributed by atoms with van der Waals surface area (Å²) in [6.07, 6.45) is 0.864. The summed E-state index contributed by atoms with van der Waals surface area (Å²) in [5.74, 6) is 0.583. The molecule has 3 N–H and O–H groups in total. The van der Waals surface area contributed by atoms with Crippen LogP contribution in [0, 0.1) is 12.8 Å². The molecule has 0 aliphatic carbocycles. The maximum Gasteiger partial charge on any atom is 0.243 e. The second kappa shape index (κ2) is 11.6. The highest BCUT2D eigenvalue weighted by Gasteiger charge is 2.28. The van der Waals surface area contributed by atoms with E-state index in [9.17, 15) is 9.59 Å². The lowest BCUT2D eigenvalue weighted by Gasteiger charge is -2.20. The van der Waals surface area contributed by atoms with Crippen molar-refractivity contribution < 1.29 is 9.59 Å². The zero-order valence-electron chi connectivity index (χ0n) is 16.7. The normalized spacial score (nSPS) is 16.6. The fourth-order valence-corrected chi connectivity index (χ4v) is 3.28. The minimum Gasteiger partial charge on any atom is -0.352 e. The zero-order chi connectivity index (χ0) is 20.0. The summed E-state index contributed by atoms with van der Waals surface area (Å²) in [7, 11) is 1.66. The monoisotopic (exact) mass is 565 g/mol. The number of amides is 2. The predicted octanol–water partition coefficient (Wildman–Crippen LogP) is 2.74. The third-order valence-electron chi connectivity index (χ3n) is 4.45. The molecule has 1 atom stereocenters. The summed E-state index contributed by atoms with van der Waals surface area (Å²) in [5, 5.41) is 9.21. The van der Waals surface area contributed by atoms with Crippen LogP contribution in [0.25, 0.3) is 0 Å². The molecule has 1 aliphatic heterocycles. The van der Waals surface area contributed by atoms with Crippen LogP contribution in [-0.2, 0) is 9.59 Å². The summed E-state index contributed by atoms with van der Waals surface area (Å²) in [6, 6.07) is 5.88. The van der Waals surface area contributed by atoms with Gasteiger partial charge in [0.25, 0.3) is 0 Å². The van der Waals surface area contributed by atoms with Crippen molar-refractivity contribution >= 4 is 63.4 Å². The predicted molar refractivity (Wildman–Crippen MR) is 127 cm³/mol. The molecule has 0 radical (unpaired) electrons. The van der Waals surface area contributed by atoms with Crippen molar-refractivity contribution in [2.24, 2.45) is 10.9 Å². The van der Waals surface area contributed by atoms with E-state index in [0.29, 0.717) is 12.5 Å². The Morgan fingerprint density at radius 1 is 1.36 bits per heavy atom. The maximum atomic E-state index is 12.2. The van der Waals surface area contributed by atoms with Gasteiger partial charge in [0.15, 0.2) is 5.96 Å². The third kappa shape index (κ3) is 7.23. The van der Waals surface area contributed by atoms with E-state index in [1.54, 1.807) is 7.05 Å². The highest BCUT2D eigenvalue weighted by Crippen LogP contribution is 2.20. The molecule has 0 saturated carbocycles. The summed E-state index contributed by atoms with van der Waals surface area (Å²) < 4.78 is 0.913. The molecule has 0 bridgehead atoms. The number of halogens is 2. The Kier molecular flexibility index (Phi) is 10.2. The van der Waals surface area contributed by atoms with Gasteiger partial charge in [-0.05, 0) is 31.0 Å². The van der Waals surface area contributed by atoms with Gasteiger partial charge in [0, 0.05) is 42.3 Å². The van der Waals surface area contributed by atoms with Gasteiger partial charge in [-0.15, -0.1) is 24.0 Å². The van der Waals surface area contributed by atoms with Crippen LogP contribution in [0.3, 0.4) is 0 Å². The number of nitrogens with zero attached hydrogens (tertiary/aromatic N) is 2. The molecule has 1 unspecified atom stereocenters. The number of carbonyl (C=O) groups is 2. The van der Waals surface area contributed by atoms with E-state index in [2.05, 4.69) is 36.9 Å². The Balaban J connectivity index is 0.00000392. The van der Waals surface area contributed by atoms with Crippen LogP contribution in [0.1, 0.15) is 25.8 Å². The summed E-state index contributed by atoms with van der Waals surface area (Å²) >= 11 is 3.41. The third-order valence-corrected chi connectivity index (χ3v) is 4.94. The van der Waals surface area contributed by atoms with E-state index in [1.165, 1.54) is 0 Å². The number of anilines is 1. The summed E-state index contributed by atoms with van der Waals surface area (Å²) in [4.78, 5) is 30.4. The van der Waals surface area contributed by atoms with Crippen LogP contribution < -0.4 is 16.0 Å². The molecule has 0 spiro atoms. The van der Waals surface area contributed by atoms with Crippen molar-refractivity contribution in [3.05, 3.63) is 28.2 Å². The lowest BCUT2D eigenvalue weighted by Crippen LogP contribution is -2.47. The lowest BCUT2D eigenvalue weighted by atomic mass is 10.2. The molecule has 28 heavy (non-hydrogen) atoms. The SMILES string of the molecule is CN=C(NCC(=O)Nc1cc(Br)ccc1C)NC1CCN(C(=O)C(C)C)C1.I. The maximum absolute atomic E-state index is 12.2. The number of hydrogen-bond donors (Lipinski definition) is 3. The largest absolute Gasteiger partial charge is 0.352 e. The first-order valence-corrected chi connectivity index (χ1v) is 9.91. The van der Waals surface area contributed by atoms with E-state index in [1.807, 2.05) is 43.9 Å². The highest BCUT2D eigenvalue weighted by atomic mass is 127. The van der Waals surface area contributed by atoms with Crippen molar-refractivity contribution in [1.29, 1.82) is 0 Å². The first kappa shape index (κ1) is 24.7. The second-order valence-corrected chi connectivity index (χ2v) is 7.92. The number of carbonyl (C=O) groups excluding carboxylic acids is 2. The molecule has 9 heteroatoms. The number of hydrogen-bond acceptors (Lipinski definition) is 3. The first-order valence-electron chi connectivity index (χ1n) is 9.12. The van der Waals surface area contributed by atoms with Crippen LogP contribution in [0.15, 0.2) is 27.7 Å². The average molecular weight is 566 g/mol. The molecule has 1 aromatic carbocycles. The van der Waals surface area contributed by atoms with Gasteiger partial charge in [0.2, 0.25) is 11.8 Å². The van der Waals surface area contributed by atoms with Crippen molar-refractivity contribution in [3.63, 3.8) is 0 Å². The molecular formula is C19H29BrIN5O2. The number of benzene rings is 1. The first-order chi connectivity index (χ1) is 12.8. The number of aryl methyl sites for hydroxylation is 1. The van der Waals surface area contributed by atoms with Crippen molar-refractivity contribution in [2.45, 2.75) is 33.2 Å². The van der Waals surface area contributed by atoms with E-state index in [-0.39, 0.29) is 54.3 Å². The molecule has 1 aliphatic rings. The Bertz CT molecular complexity index is 726. The highest BCUT2D eigenvalue weighted by molar-refractivity contribution is 14.0. The van der Waals surface area contributed by atoms with Crippen LogP contribution in [0.4, 0.5) is 5.69 Å². The smallest absolute Gasteiger partial charge is 0.243 e. The van der Waals surface area contributed by atoms with E-state index in [4.69, 9.17) is 0 Å². The Labute approximate surface area is 192 Å². The van der Waals surface area contributed by atoms with Gasteiger partial charge in [-0.2, -0.15) is 0 Å². The molecule has 1 fully saturated rings. The molecule has 0 aromatic heterocycles. The molecule has 156 valence electrons. The van der Waals surface area contributed by atoms with Gasteiger partial charge in [0.05, 0.1) is 6.54 Å². The Hall–Kier alpha value is -1.36. The Morgan fingerprint density at radius 2 is 2.07 bits per heavy atom. The van der Waals surface area contributed by atoms with Gasteiger partial charge >= 0.3 is 0 Å². The van der Waals surface area contributed by atoms with Gasteiger partial charge < -0.3 is 20.9 Å². The topological polar surface area (TPSA) is 85.8 Å². The minimum atomic E-state index is -0.151. The quantitative estimate of drug-likeness (QED) is 0.291. The second-order valence-electron chi connectivity index (χ2n) is 7.00. The molecule has 1 saturated heterocycles. The molecule has 1 heterocycles. The molecule has 2 rings (SSSR count). The molecule has 7 nitrogen and oxygen atoms in total. The molecular weight excluding hydrogens is 537 g/mol. The summed E-state index contributed by atoms with van der Waals surface area (Å²) in [6.45, 7) is 7.27. The number of likely N-dealkylation sites (tertiary alicyclic amines) is 1. The average Bonchev–Trinajstić information content (AvgIpc) is 3.09. The van der Waals surface area contributed by atoms with E-state index >= 15 is 0 Å². The van der Waals surface area contributed by atoms with E-state index in [0.717, 1.165) is 28.7 Å². The van der Waals surface area contributed by atoms with Gasteiger partial charge in [-0.25, -0.2) is 0 Å². The molecule has 2 amide bonds. The minimum absolute atomic E-state index is 0. The van der Waals surface area contributed by atoms with Crippen LogP contribution in [0.2, 0.25) is 0 Å². The Morgan fingerprint density at radius 3 is 2.71 bits per heavy atom. The summed E-state index contributed by atoms with van der Waals surface area (Å²) in [5.41, 5.74) is 1.77. The number of guanidine groups is 1. The van der Waals surface area contributed by atoms with Crippen LogP contribution >= 0.6 is 39.9 Å². The number of rotatable bonds is 5. The number of nitrogens with one attached hydrogen (secondary N) is 3. The lowest BCUT2D eigenvalue weighted by molar-refractivity contribution is -0.133. The van der Waals surface area contributed by atoms with Crippen molar-refractivity contribution in [3.8, 4) is 0 Å².